The number of halogens is 2. The maximum atomic E-state index is 14.1. The van der Waals surface area contributed by atoms with E-state index >= 15 is 0 Å². The summed E-state index contributed by atoms with van der Waals surface area (Å²) in [5.41, 5.74) is 1.30. The summed E-state index contributed by atoms with van der Waals surface area (Å²) in [6.45, 7) is 4.86. The predicted molar refractivity (Wildman–Crippen MR) is 63.4 cm³/mol. The Balaban J connectivity index is 2.49. The molecule has 1 fully saturated rings. The molecule has 82 valence electrons. The number of hydrogen-bond donors (Lipinski definition) is 1. The third-order valence-electron chi connectivity index (χ3n) is 3.28. The second kappa shape index (κ2) is 3.87. The molecular formula is C12H15BrFN. The Morgan fingerprint density at radius 2 is 2.20 bits per heavy atom. The minimum atomic E-state index is -0.185. The molecule has 2 rings (SSSR count). The van der Waals surface area contributed by atoms with Crippen molar-refractivity contribution < 1.29 is 4.39 Å². The summed E-state index contributed by atoms with van der Waals surface area (Å²) < 4.78 is 14.9. The molecule has 1 atom stereocenters. The van der Waals surface area contributed by atoms with Crippen molar-refractivity contribution in [1.29, 1.82) is 0 Å². The second-order valence-corrected chi connectivity index (χ2v) is 5.25. The molecule has 1 aromatic carbocycles. The molecule has 1 N–H and O–H groups in total. The summed E-state index contributed by atoms with van der Waals surface area (Å²) in [5, 5.41) is 3.38. The minimum Gasteiger partial charge on any atom is -0.308 e. The molecule has 3 heteroatoms. The first-order valence-electron chi connectivity index (χ1n) is 5.25. The van der Waals surface area contributed by atoms with Gasteiger partial charge in [-0.05, 0) is 44.9 Å². The molecule has 0 amide bonds. The third kappa shape index (κ3) is 1.83. The second-order valence-electron chi connectivity index (χ2n) is 4.40. The van der Waals surface area contributed by atoms with Crippen LogP contribution in [0.1, 0.15) is 30.9 Å². The van der Waals surface area contributed by atoms with Crippen LogP contribution in [0.25, 0.3) is 0 Å². The van der Waals surface area contributed by atoms with Crippen LogP contribution in [0.2, 0.25) is 0 Å². The van der Waals surface area contributed by atoms with Gasteiger partial charge in [0, 0.05) is 15.6 Å². The average Bonchev–Trinajstić information content (AvgIpc) is 2.62. The summed E-state index contributed by atoms with van der Waals surface area (Å²) in [7, 11) is 0. The van der Waals surface area contributed by atoms with Crippen molar-refractivity contribution in [2.45, 2.75) is 32.2 Å². The van der Waals surface area contributed by atoms with Crippen LogP contribution in [0.4, 0.5) is 4.39 Å². The number of rotatable bonds is 1. The fraction of sp³-hybridized carbons (Fsp3) is 0.500. The average molecular weight is 272 g/mol. The lowest BCUT2D eigenvalue weighted by Gasteiger charge is -2.26. The summed E-state index contributed by atoms with van der Waals surface area (Å²) in [6, 6.07) is 3.81. The van der Waals surface area contributed by atoms with Gasteiger partial charge in [-0.2, -0.15) is 0 Å². The van der Waals surface area contributed by atoms with Gasteiger partial charge in [0.1, 0.15) is 5.82 Å². The molecule has 0 radical (unpaired) electrons. The molecular weight excluding hydrogens is 257 g/mol. The smallest absolute Gasteiger partial charge is 0.132 e. The lowest BCUT2D eigenvalue weighted by atomic mass is 9.89. The minimum absolute atomic E-state index is 0.0822. The van der Waals surface area contributed by atoms with E-state index in [1.165, 1.54) is 0 Å². The maximum Gasteiger partial charge on any atom is 0.132 e. The van der Waals surface area contributed by atoms with Crippen LogP contribution in [0.5, 0.6) is 0 Å². The molecule has 1 aliphatic heterocycles. The Labute approximate surface area is 98.2 Å². The van der Waals surface area contributed by atoms with Crippen LogP contribution in [-0.4, -0.2) is 6.54 Å². The van der Waals surface area contributed by atoms with Gasteiger partial charge in [-0.15, -0.1) is 0 Å². The highest BCUT2D eigenvalue weighted by atomic mass is 79.9. The Morgan fingerprint density at radius 1 is 1.47 bits per heavy atom. The molecule has 1 heterocycles. The first kappa shape index (κ1) is 11.1. The van der Waals surface area contributed by atoms with E-state index in [0.717, 1.165) is 29.4 Å². The molecule has 1 nitrogen and oxygen atoms in total. The van der Waals surface area contributed by atoms with E-state index in [-0.39, 0.29) is 11.4 Å². The molecule has 0 saturated carbocycles. The van der Waals surface area contributed by atoms with Gasteiger partial charge < -0.3 is 5.32 Å². The van der Waals surface area contributed by atoms with Gasteiger partial charge in [-0.3, -0.25) is 0 Å². The fourth-order valence-electron chi connectivity index (χ4n) is 2.21. The largest absolute Gasteiger partial charge is 0.308 e. The van der Waals surface area contributed by atoms with Crippen molar-refractivity contribution in [3.05, 3.63) is 33.5 Å². The van der Waals surface area contributed by atoms with Crippen molar-refractivity contribution >= 4 is 15.9 Å². The van der Waals surface area contributed by atoms with E-state index in [9.17, 15) is 4.39 Å². The third-order valence-corrected chi connectivity index (χ3v) is 4.14. The lowest BCUT2D eigenvalue weighted by molar-refractivity contribution is 0.409. The molecule has 0 spiro atoms. The molecule has 1 aliphatic rings. The zero-order valence-corrected chi connectivity index (χ0v) is 10.6. The van der Waals surface area contributed by atoms with Gasteiger partial charge in [-0.1, -0.05) is 22.0 Å². The van der Waals surface area contributed by atoms with Crippen LogP contribution in [-0.2, 0) is 5.54 Å². The molecule has 0 aliphatic carbocycles. The van der Waals surface area contributed by atoms with Crippen molar-refractivity contribution in [3.8, 4) is 0 Å². The highest BCUT2D eigenvalue weighted by Crippen LogP contribution is 2.34. The standard InChI is InChI=1S/C12H15BrFN/c1-8-10(13)5-4-9(11(8)14)12(2)6-3-7-15-12/h4-5,15H,3,6-7H2,1-2H3. The molecule has 0 aromatic heterocycles. The van der Waals surface area contributed by atoms with E-state index in [4.69, 9.17) is 0 Å². The summed E-state index contributed by atoms with van der Waals surface area (Å²) in [4.78, 5) is 0. The Bertz CT molecular complexity index is 383. The monoisotopic (exact) mass is 271 g/mol. The van der Waals surface area contributed by atoms with Gasteiger partial charge >= 0.3 is 0 Å². The lowest BCUT2D eigenvalue weighted by Crippen LogP contribution is -2.34. The Morgan fingerprint density at radius 3 is 2.80 bits per heavy atom. The highest BCUT2D eigenvalue weighted by molar-refractivity contribution is 9.10. The first-order chi connectivity index (χ1) is 7.04. The van der Waals surface area contributed by atoms with Gasteiger partial charge in [0.25, 0.3) is 0 Å². The summed E-state index contributed by atoms with van der Waals surface area (Å²) in [6.07, 6.45) is 2.12. The normalized spacial score (nSPS) is 25.9. The molecule has 1 aromatic rings. The van der Waals surface area contributed by atoms with Crippen LogP contribution >= 0.6 is 15.9 Å². The number of hydrogen-bond acceptors (Lipinski definition) is 1. The Kier molecular flexibility index (Phi) is 2.86. The van der Waals surface area contributed by atoms with Crippen molar-refractivity contribution in [1.82, 2.24) is 5.32 Å². The molecule has 1 saturated heterocycles. The SMILES string of the molecule is Cc1c(Br)ccc(C2(C)CCCN2)c1F. The van der Waals surface area contributed by atoms with Gasteiger partial charge in [0.05, 0.1) is 0 Å². The Hall–Kier alpha value is -0.410. The van der Waals surface area contributed by atoms with Gasteiger partial charge in [0.15, 0.2) is 0 Å². The number of nitrogens with one attached hydrogen (secondary N) is 1. The van der Waals surface area contributed by atoms with Crippen molar-refractivity contribution in [3.63, 3.8) is 0 Å². The van der Waals surface area contributed by atoms with Crippen molar-refractivity contribution in [2.75, 3.05) is 6.54 Å². The quantitative estimate of drug-likeness (QED) is 0.825. The topological polar surface area (TPSA) is 12.0 Å². The molecule has 0 bridgehead atoms. The summed E-state index contributed by atoms with van der Waals surface area (Å²) >= 11 is 3.35. The van der Waals surface area contributed by atoms with E-state index < -0.39 is 0 Å². The van der Waals surface area contributed by atoms with Gasteiger partial charge in [-0.25, -0.2) is 4.39 Å². The predicted octanol–water partition coefficient (Wildman–Crippen LogP) is 3.50. The van der Waals surface area contributed by atoms with E-state index in [0.29, 0.717) is 5.56 Å². The highest BCUT2D eigenvalue weighted by Gasteiger charge is 2.32. The van der Waals surface area contributed by atoms with E-state index in [1.54, 1.807) is 6.92 Å². The van der Waals surface area contributed by atoms with E-state index in [2.05, 4.69) is 28.2 Å². The van der Waals surface area contributed by atoms with Crippen molar-refractivity contribution in [2.24, 2.45) is 0 Å². The van der Waals surface area contributed by atoms with Gasteiger partial charge in [0.2, 0.25) is 0 Å². The van der Waals surface area contributed by atoms with Crippen LogP contribution in [0.15, 0.2) is 16.6 Å². The summed E-state index contributed by atoms with van der Waals surface area (Å²) in [5.74, 6) is -0.0822. The molecule has 1 unspecified atom stereocenters. The van der Waals surface area contributed by atoms with E-state index in [1.807, 2.05) is 12.1 Å². The fourth-order valence-corrected chi connectivity index (χ4v) is 2.52. The van der Waals surface area contributed by atoms with Crippen LogP contribution in [0, 0.1) is 12.7 Å². The number of benzene rings is 1. The van der Waals surface area contributed by atoms with Crippen LogP contribution in [0.3, 0.4) is 0 Å². The first-order valence-corrected chi connectivity index (χ1v) is 6.04. The zero-order valence-electron chi connectivity index (χ0n) is 9.03. The zero-order chi connectivity index (χ0) is 11.1. The molecule has 15 heavy (non-hydrogen) atoms. The maximum absolute atomic E-state index is 14.1. The van der Waals surface area contributed by atoms with Crippen LogP contribution < -0.4 is 5.32 Å².